The highest BCUT2D eigenvalue weighted by Crippen LogP contribution is 2.43. The zero-order valence-electron chi connectivity index (χ0n) is 19.4. The highest BCUT2D eigenvalue weighted by molar-refractivity contribution is 7.16. The van der Waals surface area contributed by atoms with Gasteiger partial charge in [-0.25, -0.2) is 4.98 Å². The van der Waals surface area contributed by atoms with E-state index in [1.165, 1.54) is 11.3 Å². The second kappa shape index (κ2) is 9.70. The minimum absolute atomic E-state index is 0.248. The van der Waals surface area contributed by atoms with Crippen molar-refractivity contribution in [1.29, 1.82) is 0 Å². The van der Waals surface area contributed by atoms with Crippen LogP contribution in [-0.2, 0) is 10.3 Å². The molecule has 3 aromatic rings. The highest BCUT2D eigenvalue weighted by atomic mass is 32.1. The minimum Gasteiger partial charge on any atom is -0.494 e. The Morgan fingerprint density at radius 2 is 2.00 bits per heavy atom. The number of aromatic nitrogens is 5. The second-order valence-electron chi connectivity index (χ2n) is 8.53. The number of anilines is 1. The molecule has 174 valence electrons. The highest BCUT2D eigenvalue weighted by Gasteiger charge is 2.40. The van der Waals surface area contributed by atoms with Gasteiger partial charge in [-0.05, 0) is 36.3 Å². The van der Waals surface area contributed by atoms with E-state index in [2.05, 4.69) is 37.8 Å². The quantitative estimate of drug-likeness (QED) is 0.463. The molecule has 1 atom stereocenters. The standard InChI is InChI=1S/C23H29N7O2S/c1-5-6-7-12-32-16-10-8-15(9-11-16)23(2)13-17(22-24-14-18(33-22)30(3)4)19(21(31)25-23)20-26-28-29-27-20/h8-11,14H,5-7,12-13H2,1-4H3,(H,25,31)(H,26,27,28,29)/t23-/m0/s1. The van der Waals surface area contributed by atoms with Gasteiger partial charge in [0.05, 0.1) is 23.9 Å². The number of benzene rings is 1. The van der Waals surface area contributed by atoms with E-state index in [1.54, 1.807) is 0 Å². The van der Waals surface area contributed by atoms with Crippen molar-refractivity contribution in [3.8, 4) is 5.75 Å². The van der Waals surface area contributed by atoms with Crippen molar-refractivity contribution in [2.75, 3.05) is 25.6 Å². The summed E-state index contributed by atoms with van der Waals surface area (Å²) in [5, 5.41) is 19.2. The molecule has 0 aliphatic carbocycles. The number of tetrazole rings is 1. The van der Waals surface area contributed by atoms with Crippen molar-refractivity contribution in [2.24, 2.45) is 0 Å². The summed E-state index contributed by atoms with van der Waals surface area (Å²) in [5.74, 6) is 0.850. The zero-order valence-corrected chi connectivity index (χ0v) is 20.2. The number of H-pyrrole nitrogens is 1. The molecule has 10 heteroatoms. The molecule has 0 spiro atoms. The van der Waals surface area contributed by atoms with Crippen molar-refractivity contribution in [1.82, 2.24) is 30.9 Å². The van der Waals surface area contributed by atoms with Crippen LogP contribution in [0.4, 0.5) is 5.00 Å². The Morgan fingerprint density at radius 1 is 1.21 bits per heavy atom. The van der Waals surface area contributed by atoms with Gasteiger partial charge in [-0.1, -0.05) is 43.2 Å². The van der Waals surface area contributed by atoms with Gasteiger partial charge in [-0.15, -0.1) is 10.2 Å². The third kappa shape index (κ3) is 4.90. The van der Waals surface area contributed by atoms with E-state index in [4.69, 9.17) is 4.74 Å². The number of rotatable bonds is 9. The molecule has 1 amide bonds. The molecular formula is C23H29N7O2S. The molecule has 0 saturated heterocycles. The lowest BCUT2D eigenvalue weighted by Gasteiger charge is -2.36. The summed E-state index contributed by atoms with van der Waals surface area (Å²) < 4.78 is 5.85. The lowest BCUT2D eigenvalue weighted by atomic mass is 9.80. The summed E-state index contributed by atoms with van der Waals surface area (Å²) in [5.41, 5.74) is 1.58. The van der Waals surface area contributed by atoms with Gasteiger partial charge in [-0.2, -0.15) is 5.21 Å². The summed E-state index contributed by atoms with van der Waals surface area (Å²) in [4.78, 5) is 19.9. The smallest absolute Gasteiger partial charge is 0.256 e. The average Bonchev–Trinajstić information content (AvgIpc) is 3.49. The predicted octanol–water partition coefficient (Wildman–Crippen LogP) is 3.64. The molecule has 0 bridgehead atoms. The van der Waals surface area contributed by atoms with Gasteiger partial charge in [0.2, 0.25) is 5.82 Å². The molecular weight excluding hydrogens is 438 g/mol. The molecule has 0 radical (unpaired) electrons. The fraction of sp³-hybridized carbons (Fsp3) is 0.435. The fourth-order valence-electron chi connectivity index (χ4n) is 3.87. The molecule has 0 saturated carbocycles. The Bertz CT molecular complexity index is 1120. The normalized spacial score (nSPS) is 18.4. The van der Waals surface area contributed by atoms with Gasteiger partial charge >= 0.3 is 0 Å². The number of nitrogens with zero attached hydrogens (tertiary/aromatic N) is 5. The van der Waals surface area contributed by atoms with Gasteiger partial charge in [0.1, 0.15) is 15.8 Å². The molecule has 1 aliphatic rings. The van der Waals surface area contributed by atoms with Crippen LogP contribution in [0.5, 0.6) is 5.75 Å². The van der Waals surface area contributed by atoms with Crippen LogP contribution in [0.3, 0.4) is 0 Å². The van der Waals surface area contributed by atoms with Gasteiger partial charge < -0.3 is 15.0 Å². The van der Waals surface area contributed by atoms with E-state index >= 15 is 0 Å². The molecule has 0 unspecified atom stereocenters. The SMILES string of the molecule is CCCCCOc1ccc([C@]2(C)CC(c3ncc(N(C)C)s3)=C(c3nn[nH]n3)C(=O)N2)cc1. The number of hydrogen-bond donors (Lipinski definition) is 2. The van der Waals surface area contributed by atoms with E-state index < -0.39 is 5.54 Å². The van der Waals surface area contributed by atoms with E-state index in [0.29, 0.717) is 18.6 Å². The van der Waals surface area contributed by atoms with E-state index in [-0.39, 0.29) is 11.7 Å². The third-order valence-electron chi connectivity index (χ3n) is 5.72. The number of nitrogens with one attached hydrogen (secondary N) is 2. The molecule has 33 heavy (non-hydrogen) atoms. The molecule has 1 aromatic carbocycles. The predicted molar refractivity (Wildman–Crippen MR) is 129 cm³/mol. The summed E-state index contributed by atoms with van der Waals surface area (Å²) in [6, 6.07) is 7.95. The first-order valence-corrected chi connectivity index (χ1v) is 11.9. The van der Waals surface area contributed by atoms with Crippen LogP contribution in [0.15, 0.2) is 30.5 Å². The van der Waals surface area contributed by atoms with Gasteiger partial charge in [-0.3, -0.25) is 4.79 Å². The molecule has 2 aromatic heterocycles. The molecule has 2 N–H and O–H groups in total. The number of carbonyl (C=O) groups excluding carboxylic acids is 1. The maximum Gasteiger partial charge on any atom is 0.256 e. The molecule has 9 nitrogen and oxygen atoms in total. The Labute approximate surface area is 197 Å². The Hall–Kier alpha value is -3.27. The number of aromatic amines is 1. The number of amides is 1. The van der Waals surface area contributed by atoms with Crippen LogP contribution in [0.25, 0.3) is 11.1 Å². The largest absolute Gasteiger partial charge is 0.494 e. The van der Waals surface area contributed by atoms with Gasteiger partial charge in [0.25, 0.3) is 5.91 Å². The first-order chi connectivity index (χ1) is 15.9. The summed E-state index contributed by atoms with van der Waals surface area (Å²) in [6.07, 6.45) is 5.72. The first-order valence-electron chi connectivity index (χ1n) is 11.1. The molecule has 0 fully saturated rings. The Balaban J connectivity index is 1.65. The number of carbonyl (C=O) groups is 1. The topological polar surface area (TPSA) is 109 Å². The van der Waals surface area contributed by atoms with Gasteiger partial charge in [0, 0.05) is 26.1 Å². The third-order valence-corrected chi connectivity index (χ3v) is 6.94. The van der Waals surface area contributed by atoms with Crippen molar-refractivity contribution in [3.63, 3.8) is 0 Å². The average molecular weight is 468 g/mol. The lowest BCUT2D eigenvalue weighted by Crippen LogP contribution is -2.47. The minimum atomic E-state index is -0.621. The van der Waals surface area contributed by atoms with Crippen molar-refractivity contribution in [3.05, 3.63) is 46.9 Å². The van der Waals surface area contributed by atoms with Gasteiger partial charge in [0.15, 0.2) is 0 Å². The van der Waals surface area contributed by atoms with Crippen LogP contribution in [0, 0.1) is 0 Å². The van der Waals surface area contributed by atoms with Crippen LogP contribution in [0.1, 0.15) is 55.9 Å². The fourth-order valence-corrected chi connectivity index (χ4v) is 4.76. The zero-order chi connectivity index (χ0) is 23.4. The maximum atomic E-state index is 13.3. The van der Waals surface area contributed by atoms with E-state index in [9.17, 15) is 4.79 Å². The van der Waals surface area contributed by atoms with E-state index in [0.717, 1.165) is 46.2 Å². The van der Waals surface area contributed by atoms with Crippen molar-refractivity contribution in [2.45, 2.75) is 45.1 Å². The molecule has 1 aliphatic heterocycles. The van der Waals surface area contributed by atoms with Crippen LogP contribution in [0.2, 0.25) is 0 Å². The number of ether oxygens (including phenoxy) is 1. The van der Waals surface area contributed by atoms with Crippen LogP contribution >= 0.6 is 11.3 Å². The Morgan fingerprint density at radius 3 is 2.64 bits per heavy atom. The number of thiazole rings is 1. The molecule has 4 rings (SSSR count). The monoisotopic (exact) mass is 467 g/mol. The van der Waals surface area contributed by atoms with Crippen molar-refractivity contribution >= 4 is 33.4 Å². The van der Waals surface area contributed by atoms with Crippen LogP contribution < -0.4 is 15.0 Å². The molecule has 3 heterocycles. The first kappa shape index (κ1) is 22.9. The van der Waals surface area contributed by atoms with E-state index in [1.807, 2.05) is 56.4 Å². The van der Waals surface area contributed by atoms with Crippen molar-refractivity contribution < 1.29 is 9.53 Å². The lowest BCUT2D eigenvalue weighted by molar-refractivity contribution is -0.117. The Kier molecular flexibility index (Phi) is 6.73. The number of unbranched alkanes of at least 4 members (excludes halogenated alkanes) is 2. The summed E-state index contributed by atoms with van der Waals surface area (Å²) in [7, 11) is 3.94. The maximum absolute atomic E-state index is 13.3. The summed E-state index contributed by atoms with van der Waals surface area (Å²) >= 11 is 1.53. The van der Waals surface area contributed by atoms with Crippen LogP contribution in [-0.4, -0.2) is 52.2 Å². The summed E-state index contributed by atoms with van der Waals surface area (Å²) in [6.45, 7) is 4.91. The number of hydrogen-bond acceptors (Lipinski definition) is 8. The second-order valence-corrected chi connectivity index (χ2v) is 9.54.